The molecule has 0 saturated carbocycles. The molecule has 0 bridgehead atoms. The van der Waals surface area contributed by atoms with Crippen LogP contribution in [-0.2, 0) is 9.59 Å². The third-order valence-electron chi connectivity index (χ3n) is 7.66. The zero-order chi connectivity index (χ0) is 33.9. The summed E-state index contributed by atoms with van der Waals surface area (Å²) in [5, 5.41) is 7.59. The first-order valence-electron chi connectivity index (χ1n) is 15.6. The Morgan fingerprint density at radius 3 is 1.72 bits per heavy atom. The molecule has 8 rings (SSSR count). The molecule has 0 aliphatic heterocycles. The lowest BCUT2D eigenvalue weighted by Crippen LogP contribution is -2.14. The Morgan fingerprint density at radius 1 is 0.540 bits per heavy atom. The molecule has 0 fully saturated rings. The number of oxazole rings is 2. The third-order valence-corrected chi connectivity index (χ3v) is 9.31. The molecule has 8 aromatic rings. The van der Waals surface area contributed by atoms with Crippen LogP contribution in [0.25, 0.3) is 55.7 Å². The van der Waals surface area contributed by atoms with Gasteiger partial charge in [0.15, 0.2) is 17.0 Å². The molecular weight excluding hydrogens is 669 g/mol. The van der Waals surface area contributed by atoms with E-state index in [-0.39, 0.29) is 23.3 Å². The lowest BCUT2D eigenvalue weighted by molar-refractivity contribution is -0.114. The monoisotopic (exact) mass is 694 g/mol. The highest BCUT2D eigenvalue weighted by Crippen LogP contribution is 2.32. The van der Waals surface area contributed by atoms with Crippen LogP contribution in [0.3, 0.4) is 0 Å². The second-order valence-electron chi connectivity index (χ2n) is 11.1. The molecule has 2 N–H and O–H groups in total. The van der Waals surface area contributed by atoms with Crippen LogP contribution in [-0.4, -0.2) is 43.3 Å². The maximum absolute atomic E-state index is 12.9. The Hall–Kier alpha value is -5.98. The van der Waals surface area contributed by atoms with Gasteiger partial charge in [0.1, 0.15) is 11.0 Å². The summed E-state index contributed by atoms with van der Waals surface area (Å²) in [5.74, 6) is 0.466. The van der Waals surface area contributed by atoms with Gasteiger partial charge in [-0.1, -0.05) is 78.1 Å². The molecule has 0 radical (unpaired) electrons. The van der Waals surface area contributed by atoms with Crippen molar-refractivity contribution in [2.45, 2.75) is 10.4 Å². The number of carbonyl (C=O) groups is 2. The van der Waals surface area contributed by atoms with Crippen LogP contribution in [0, 0.1) is 0 Å². The van der Waals surface area contributed by atoms with Crippen LogP contribution in [0.5, 0.6) is 0 Å². The van der Waals surface area contributed by atoms with Crippen molar-refractivity contribution in [3.05, 3.63) is 121 Å². The summed E-state index contributed by atoms with van der Waals surface area (Å²) in [5.41, 5.74) is 7.32. The zero-order valence-corrected chi connectivity index (χ0v) is 27.8. The van der Waals surface area contributed by atoms with Crippen LogP contribution in [0.15, 0.2) is 141 Å². The van der Waals surface area contributed by atoms with Gasteiger partial charge < -0.3 is 19.5 Å². The van der Waals surface area contributed by atoms with E-state index >= 15 is 0 Å². The van der Waals surface area contributed by atoms with Gasteiger partial charge in [-0.3, -0.25) is 9.59 Å². The van der Waals surface area contributed by atoms with Crippen molar-refractivity contribution in [3.8, 4) is 22.6 Å². The topological polar surface area (TPSA) is 136 Å². The Morgan fingerprint density at radius 2 is 1.10 bits per heavy atom. The number of amides is 2. The number of benzene rings is 5. The van der Waals surface area contributed by atoms with Crippen LogP contribution in [0.4, 0.5) is 11.4 Å². The Balaban J connectivity index is 0.975. The molecule has 50 heavy (non-hydrogen) atoms. The highest BCUT2D eigenvalue weighted by atomic mass is 32.2. The first-order valence-corrected chi connectivity index (χ1v) is 17.6. The summed E-state index contributed by atoms with van der Waals surface area (Å²) in [7, 11) is 0. The van der Waals surface area contributed by atoms with E-state index in [2.05, 4.69) is 20.6 Å². The quantitative estimate of drug-likeness (QED) is 0.134. The minimum absolute atomic E-state index is 0.139. The van der Waals surface area contributed by atoms with Crippen LogP contribution >= 0.6 is 23.5 Å². The molecule has 0 unspecified atom stereocenters. The van der Waals surface area contributed by atoms with E-state index in [1.54, 1.807) is 0 Å². The minimum atomic E-state index is -0.188. The number of hydrogen-bond donors (Lipinski definition) is 2. The summed E-state index contributed by atoms with van der Waals surface area (Å²) in [6.07, 6.45) is 0. The molecule has 0 spiro atoms. The van der Waals surface area contributed by atoms with Gasteiger partial charge in [0.05, 0.1) is 22.7 Å². The molecule has 12 heteroatoms. The number of aromatic nitrogens is 4. The van der Waals surface area contributed by atoms with Crippen molar-refractivity contribution in [2.75, 3.05) is 22.1 Å². The highest BCUT2D eigenvalue weighted by molar-refractivity contribution is 8.00. The predicted octanol–water partition coefficient (Wildman–Crippen LogP) is 8.71. The van der Waals surface area contributed by atoms with E-state index in [1.807, 2.05) is 121 Å². The van der Waals surface area contributed by atoms with Crippen LogP contribution in [0.2, 0.25) is 0 Å². The van der Waals surface area contributed by atoms with E-state index in [0.29, 0.717) is 38.8 Å². The van der Waals surface area contributed by atoms with Gasteiger partial charge in [0, 0.05) is 27.9 Å². The van der Waals surface area contributed by atoms with Gasteiger partial charge in [-0.05, 0) is 66.7 Å². The average Bonchev–Trinajstić information content (AvgIpc) is 3.77. The van der Waals surface area contributed by atoms with Gasteiger partial charge in [-0.25, -0.2) is 19.9 Å². The second kappa shape index (κ2) is 13.9. The Bertz CT molecular complexity index is 2430. The van der Waals surface area contributed by atoms with E-state index in [4.69, 9.17) is 18.8 Å². The largest absolute Gasteiger partial charge is 0.431 e. The average molecular weight is 695 g/mol. The van der Waals surface area contributed by atoms with Crippen molar-refractivity contribution < 1.29 is 18.4 Å². The number of rotatable bonds is 10. The van der Waals surface area contributed by atoms with Crippen molar-refractivity contribution >= 4 is 79.8 Å². The van der Waals surface area contributed by atoms with Gasteiger partial charge in [0.25, 0.3) is 10.4 Å². The van der Waals surface area contributed by atoms with Gasteiger partial charge in [-0.2, -0.15) is 0 Å². The molecular formula is C38H26N6O4S2. The summed E-state index contributed by atoms with van der Waals surface area (Å²) < 4.78 is 11.4. The van der Waals surface area contributed by atoms with Gasteiger partial charge in [-0.15, -0.1) is 0 Å². The number of anilines is 2. The number of carbonyl (C=O) groups excluding carboxylic acids is 2. The maximum Gasteiger partial charge on any atom is 0.257 e. The summed E-state index contributed by atoms with van der Waals surface area (Å²) in [6, 6.07) is 37.8. The molecule has 5 aromatic carbocycles. The molecule has 3 aromatic heterocycles. The number of hydrogen-bond acceptors (Lipinski definition) is 10. The molecule has 3 heterocycles. The number of nitrogens with one attached hydrogen (secondary N) is 2. The Labute approximate surface area is 293 Å². The van der Waals surface area contributed by atoms with E-state index in [0.717, 1.165) is 38.8 Å². The SMILES string of the molecule is O=C(CSc1nc2ccccc2o1)Nc1ccc(-c2nc(-c3ccccc3)c3cc(NC(=O)CSc4nc5ccccc5o4)ccc3n2)cc1. The normalized spacial score (nSPS) is 11.3. The number of thioether (sulfide) groups is 2. The van der Waals surface area contributed by atoms with Crippen molar-refractivity contribution in [3.63, 3.8) is 0 Å². The fourth-order valence-corrected chi connectivity index (χ4v) is 6.60. The smallest absolute Gasteiger partial charge is 0.257 e. The zero-order valence-electron chi connectivity index (χ0n) is 26.2. The minimum Gasteiger partial charge on any atom is -0.431 e. The lowest BCUT2D eigenvalue weighted by Gasteiger charge is -2.12. The van der Waals surface area contributed by atoms with Crippen molar-refractivity contribution in [1.29, 1.82) is 0 Å². The first-order chi connectivity index (χ1) is 24.5. The van der Waals surface area contributed by atoms with Crippen LogP contribution in [0.1, 0.15) is 0 Å². The summed E-state index contributed by atoms with van der Waals surface area (Å²) in [4.78, 5) is 44.2. The van der Waals surface area contributed by atoms with E-state index < -0.39 is 0 Å². The molecule has 0 aliphatic carbocycles. The van der Waals surface area contributed by atoms with Gasteiger partial charge >= 0.3 is 0 Å². The van der Waals surface area contributed by atoms with E-state index in [9.17, 15) is 9.59 Å². The molecule has 10 nitrogen and oxygen atoms in total. The summed E-state index contributed by atoms with van der Waals surface area (Å²) in [6.45, 7) is 0. The molecule has 0 atom stereocenters. The third kappa shape index (κ3) is 6.93. The second-order valence-corrected chi connectivity index (χ2v) is 13.0. The highest BCUT2D eigenvalue weighted by Gasteiger charge is 2.15. The standard InChI is InChI=1S/C38H26N6O4S2/c45-33(21-49-37-42-29-10-4-6-12-31(29)47-37)39-25-16-14-24(15-17-25)36-41-28-19-18-26(20-27(28)35(44-36)23-8-2-1-3-9-23)40-34(46)22-50-38-43-30-11-5-7-13-32(30)48-38/h1-20H,21-22H2,(H,39,45)(H,40,46). The molecule has 0 saturated heterocycles. The maximum atomic E-state index is 12.9. The van der Waals surface area contributed by atoms with E-state index in [1.165, 1.54) is 23.5 Å². The van der Waals surface area contributed by atoms with Crippen molar-refractivity contribution in [1.82, 2.24) is 19.9 Å². The number of nitrogens with zero attached hydrogens (tertiary/aromatic N) is 4. The van der Waals surface area contributed by atoms with Crippen LogP contribution < -0.4 is 10.6 Å². The first kappa shape index (κ1) is 31.3. The number of para-hydroxylation sites is 4. The molecule has 244 valence electrons. The lowest BCUT2D eigenvalue weighted by atomic mass is 10.0. The van der Waals surface area contributed by atoms with Crippen molar-refractivity contribution in [2.24, 2.45) is 0 Å². The fourth-order valence-electron chi connectivity index (χ4n) is 5.33. The predicted molar refractivity (Wildman–Crippen MR) is 197 cm³/mol. The number of fused-ring (bicyclic) bond motifs is 3. The molecule has 2 amide bonds. The summed E-state index contributed by atoms with van der Waals surface area (Å²) >= 11 is 2.48. The Kier molecular flexibility index (Phi) is 8.68. The fraction of sp³-hybridized carbons (Fsp3) is 0.0526. The molecule has 0 aliphatic rings. The van der Waals surface area contributed by atoms with Gasteiger partial charge in [0.2, 0.25) is 11.8 Å².